The van der Waals surface area contributed by atoms with Gasteiger partial charge < -0.3 is 5.73 Å². The Labute approximate surface area is 81.3 Å². The highest BCUT2D eigenvalue weighted by molar-refractivity contribution is 5.97. The lowest BCUT2D eigenvalue weighted by Gasteiger charge is -2.04. The standard InChI is InChI=1S/C12H8FN/c1-2-9-10(13)7-6-8-4-3-5-11(14)12(8)9/h1,3-7H,14H2. The molecule has 2 N–H and O–H groups in total. The van der Waals surface area contributed by atoms with E-state index in [0.29, 0.717) is 11.1 Å². The minimum absolute atomic E-state index is 0.237. The number of nitrogen functional groups attached to an aromatic ring is 1. The lowest BCUT2D eigenvalue weighted by Crippen LogP contribution is -1.92. The Kier molecular flexibility index (Phi) is 1.86. The van der Waals surface area contributed by atoms with Crippen LogP contribution >= 0.6 is 0 Å². The Morgan fingerprint density at radius 3 is 2.71 bits per heavy atom. The Morgan fingerprint density at radius 1 is 1.21 bits per heavy atom. The molecule has 0 amide bonds. The second kappa shape index (κ2) is 3.04. The zero-order valence-electron chi connectivity index (χ0n) is 7.42. The van der Waals surface area contributed by atoms with E-state index in [2.05, 4.69) is 5.92 Å². The fraction of sp³-hybridized carbons (Fsp3) is 0. The molecule has 2 aromatic carbocycles. The van der Waals surface area contributed by atoms with Crippen LogP contribution in [0, 0.1) is 18.2 Å². The van der Waals surface area contributed by atoms with Crippen LogP contribution < -0.4 is 5.73 Å². The summed E-state index contributed by atoms with van der Waals surface area (Å²) in [6.07, 6.45) is 5.24. The molecule has 0 saturated heterocycles. The van der Waals surface area contributed by atoms with Crippen molar-refractivity contribution < 1.29 is 4.39 Å². The highest BCUT2D eigenvalue weighted by atomic mass is 19.1. The summed E-state index contributed by atoms with van der Waals surface area (Å²) in [7, 11) is 0. The van der Waals surface area contributed by atoms with Crippen LogP contribution in [-0.4, -0.2) is 0 Å². The number of fused-ring (bicyclic) bond motifs is 1. The molecule has 2 heteroatoms. The third-order valence-corrected chi connectivity index (χ3v) is 2.17. The Morgan fingerprint density at radius 2 is 2.00 bits per heavy atom. The number of hydrogen-bond donors (Lipinski definition) is 1. The quantitative estimate of drug-likeness (QED) is 0.495. The van der Waals surface area contributed by atoms with Crippen LogP contribution in [0.5, 0.6) is 0 Å². The zero-order chi connectivity index (χ0) is 10.1. The summed E-state index contributed by atoms with van der Waals surface area (Å²) in [5.41, 5.74) is 6.49. The van der Waals surface area contributed by atoms with Crippen molar-refractivity contribution in [2.45, 2.75) is 0 Å². The maximum Gasteiger partial charge on any atom is 0.139 e. The number of halogens is 1. The molecule has 0 radical (unpaired) electrons. The van der Waals surface area contributed by atoms with E-state index >= 15 is 0 Å². The zero-order valence-corrected chi connectivity index (χ0v) is 7.42. The van der Waals surface area contributed by atoms with E-state index in [1.807, 2.05) is 12.1 Å². The van der Waals surface area contributed by atoms with E-state index in [0.717, 1.165) is 5.39 Å². The van der Waals surface area contributed by atoms with Gasteiger partial charge in [0.05, 0.1) is 5.56 Å². The second-order valence-electron chi connectivity index (χ2n) is 3.01. The smallest absolute Gasteiger partial charge is 0.139 e. The van der Waals surface area contributed by atoms with Crippen molar-refractivity contribution in [2.75, 3.05) is 5.73 Å². The summed E-state index contributed by atoms with van der Waals surface area (Å²) in [5, 5.41) is 1.48. The van der Waals surface area contributed by atoms with Gasteiger partial charge >= 0.3 is 0 Å². The van der Waals surface area contributed by atoms with E-state index in [-0.39, 0.29) is 5.56 Å². The van der Waals surface area contributed by atoms with Gasteiger partial charge in [0.15, 0.2) is 0 Å². The van der Waals surface area contributed by atoms with Crippen LogP contribution in [0.4, 0.5) is 10.1 Å². The van der Waals surface area contributed by atoms with Crippen LogP contribution in [0.15, 0.2) is 30.3 Å². The average Bonchev–Trinajstić information content (AvgIpc) is 2.19. The maximum absolute atomic E-state index is 13.3. The highest BCUT2D eigenvalue weighted by Crippen LogP contribution is 2.26. The van der Waals surface area contributed by atoms with E-state index in [9.17, 15) is 4.39 Å². The molecule has 2 rings (SSSR count). The van der Waals surface area contributed by atoms with Gasteiger partial charge in [-0.05, 0) is 17.5 Å². The minimum atomic E-state index is -0.405. The first-order valence-corrected chi connectivity index (χ1v) is 4.17. The summed E-state index contributed by atoms with van der Waals surface area (Å²) in [4.78, 5) is 0. The predicted molar refractivity (Wildman–Crippen MR) is 56.3 cm³/mol. The van der Waals surface area contributed by atoms with Gasteiger partial charge in [-0.2, -0.15) is 0 Å². The third-order valence-electron chi connectivity index (χ3n) is 2.17. The van der Waals surface area contributed by atoms with E-state index in [1.165, 1.54) is 6.07 Å². The minimum Gasteiger partial charge on any atom is -0.398 e. The molecular formula is C12H8FN. The van der Waals surface area contributed by atoms with Crippen molar-refractivity contribution >= 4 is 16.5 Å². The highest BCUT2D eigenvalue weighted by Gasteiger charge is 2.07. The molecule has 68 valence electrons. The molecule has 0 heterocycles. The summed E-state index contributed by atoms with van der Waals surface area (Å²) in [6, 6.07) is 8.41. The van der Waals surface area contributed by atoms with E-state index in [4.69, 9.17) is 12.2 Å². The maximum atomic E-state index is 13.3. The van der Waals surface area contributed by atoms with Crippen LogP contribution in [0.2, 0.25) is 0 Å². The molecule has 0 unspecified atom stereocenters. The normalized spacial score (nSPS) is 10.0. The molecule has 0 aliphatic rings. The van der Waals surface area contributed by atoms with Crippen molar-refractivity contribution in [1.29, 1.82) is 0 Å². The van der Waals surface area contributed by atoms with Crippen molar-refractivity contribution in [3.05, 3.63) is 41.7 Å². The van der Waals surface area contributed by atoms with Crippen LogP contribution in [0.25, 0.3) is 10.8 Å². The molecule has 0 bridgehead atoms. The van der Waals surface area contributed by atoms with Crippen LogP contribution in [0.1, 0.15) is 5.56 Å². The van der Waals surface area contributed by atoms with Gasteiger partial charge in [-0.1, -0.05) is 24.1 Å². The molecule has 0 aliphatic heterocycles. The second-order valence-corrected chi connectivity index (χ2v) is 3.01. The molecule has 0 saturated carbocycles. The Hall–Kier alpha value is -2.01. The predicted octanol–water partition coefficient (Wildman–Crippen LogP) is 2.54. The largest absolute Gasteiger partial charge is 0.398 e. The fourth-order valence-corrected chi connectivity index (χ4v) is 1.52. The Bertz CT molecular complexity index is 538. The topological polar surface area (TPSA) is 26.0 Å². The van der Waals surface area contributed by atoms with Gasteiger partial charge in [-0.15, -0.1) is 6.42 Å². The molecule has 0 atom stereocenters. The van der Waals surface area contributed by atoms with Gasteiger partial charge in [0.2, 0.25) is 0 Å². The van der Waals surface area contributed by atoms with Crippen LogP contribution in [-0.2, 0) is 0 Å². The lowest BCUT2D eigenvalue weighted by molar-refractivity contribution is 0.626. The number of hydrogen-bond acceptors (Lipinski definition) is 1. The van der Waals surface area contributed by atoms with Gasteiger partial charge in [-0.3, -0.25) is 0 Å². The number of rotatable bonds is 0. The first-order valence-electron chi connectivity index (χ1n) is 4.17. The molecule has 1 nitrogen and oxygen atoms in total. The van der Waals surface area contributed by atoms with Gasteiger partial charge in [0.1, 0.15) is 5.82 Å². The monoisotopic (exact) mass is 185 g/mol. The number of anilines is 1. The summed E-state index contributed by atoms with van der Waals surface area (Å²) < 4.78 is 13.3. The average molecular weight is 185 g/mol. The van der Waals surface area contributed by atoms with Gasteiger partial charge in [0, 0.05) is 11.1 Å². The molecule has 0 fully saturated rings. The summed E-state index contributed by atoms with van der Waals surface area (Å²) in [6.45, 7) is 0. The van der Waals surface area contributed by atoms with Crippen molar-refractivity contribution in [2.24, 2.45) is 0 Å². The van der Waals surface area contributed by atoms with Crippen molar-refractivity contribution in [1.82, 2.24) is 0 Å². The SMILES string of the molecule is C#Cc1c(F)ccc2cccc(N)c12. The fourth-order valence-electron chi connectivity index (χ4n) is 1.52. The lowest BCUT2D eigenvalue weighted by atomic mass is 10.0. The Balaban J connectivity index is 3.01. The number of terminal acetylenes is 1. The van der Waals surface area contributed by atoms with E-state index < -0.39 is 5.82 Å². The van der Waals surface area contributed by atoms with E-state index in [1.54, 1.807) is 12.1 Å². The van der Waals surface area contributed by atoms with Crippen molar-refractivity contribution in [3.63, 3.8) is 0 Å². The molecule has 0 spiro atoms. The number of nitrogens with two attached hydrogens (primary N) is 1. The number of benzene rings is 2. The van der Waals surface area contributed by atoms with Crippen LogP contribution in [0.3, 0.4) is 0 Å². The first kappa shape index (κ1) is 8.58. The summed E-state index contributed by atoms with van der Waals surface area (Å²) >= 11 is 0. The first-order chi connectivity index (χ1) is 6.74. The molecule has 0 aliphatic carbocycles. The van der Waals surface area contributed by atoms with Gasteiger partial charge in [0.25, 0.3) is 0 Å². The molecule has 2 aromatic rings. The third kappa shape index (κ3) is 1.11. The molecule has 14 heavy (non-hydrogen) atoms. The van der Waals surface area contributed by atoms with Gasteiger partial charge in [-0.25, -0.2) is 4.39 Å². The summed E-state index contributed by atoms with van der Waals surface area (Å²) in [5.74, 6) is 1.92. The van der Waals surface area contributed by atoms with Crippen molar-refractivity contribution in [3.8, 4) is 12.3 Å². The molecule has 0 aromatic heterocycles. The molecular weight excluding hydrogens is 177 g/mol.